The summed E-state index contributed by atoms with van der Waals surface area (Å²) in [5.41, 5.74) is 0.741. The maximum absolute atomic E-state index is 12.7. The van der Waals surface area contributed by atoms with Crippen LogP contribution >= 0.6 is 0 Å². The van der Waals surface area contributed by atoms with Crippen molar-refractivity contribution >= 4 is 10.0 Å². The Morgan fingerprint density at radius 2 is 1.62 bits per heavy atom. The molecule has 1 atom stereocenters. The molecule has 1 aromatic carbocycles. The maximum Gasteiger partial charge on any atom is 0.214 e. The van der Waals surface area contributed by atoms with Gasteiger partial charge in [-0.05, 0) is 38.5 Å². The van der Waals surface area contributed by atoms with Crippen molar-refractivity contribution in [1.29, 1.82) is 0 Å². The van der Waals surface area contributed by atoms with Crippen LogP contribution in [-0.4, -0.2) is 13.7 Å². The van der Waals surface area contributed by atoms with E-state index in [0.29, 0.717) is 0 Å². The molecule has 0 fully saturated rings. The van der Waals surface area contributed by atoms with Crippen molar-refractivity contribution in [2.45, 2.75) is 32.1 Å². The van der Waals surface area contributed by atoms with E-state index in [1.54, 1.807) is 32.9 Å². The lowest BCUT2D eigenvalue weighted by atomic mass is 10.1. The molecule has 5 heteroatoms. The van der Waals surface area contributed by atoms with Gasteiger partial charge in [0.2, 0.25) is 10.0 Å². The van der Waals surface area contributed by atoms with Crippen LogP contribution in [0.25, 0.3) is 0 Å². The molecule has 0 aliphatic heterocycles. The summed E-state index contributed by atoms with van der Waals surface area (Å²) in [6, 6.07) is 5.42. The summed E-state index contributed by atoms with van der Waals surface area (Å²) in [6.45, 7) is 4.95. The van der Waals surface area contributed by atoms with Crippen molar-refractivity contribution in [1.82, 2.24) is 4.72 Å². The van der Waals surface area contributed by atoms with Gasteiger partial charge in [0.25, 0.3) is 0 Å². The summed E-state index contributed by atoms with van der Waals surface area (Å²) in [5, 5.41) is -0.476. The maximum atomic E-state index is 12.7. The van der Waals surface area contributed by atoms with E-state index in [9.17, 15) is 12.8 Å². The summed E-state index contributed by atoms with van der Waals surface area (Å²) in [6.07, 6.45) is 0. The predicted molar refractivity (Wildman–Crippen MR) is 62.0 cm³/mol. The van der Waals surface area contributed by atoms with Crippen molar-refractivity contribution in [3.63, 3.8) is 0 Å². The number of sulfonamides is 1. The van der Waals surface area contributed by atoms with Crippen LogP contribution in [0.3, 0.4) is 0 Å². The number of hydrogen-bond donors (Lipinski definition) is 1. The Balaban J connectivity index is 2.81. The van der Waals surface area contributed by atoms with Gasteiger partial charge in [-0.3, -0.25) is 0 Å². The third-order valence-corrected chi connectivity index (χ3v) is 4.25. The first kappa shape index (κ1) is 13.1. The molecule has 0 bridgehead atoms. The van der Waals surface area contributed by atoms with Crippen molar-refractivity contribution in [2.75, 3.05) is 0 Å². The van der Waals surface area contributed by atoms with E-state index in [0.717, 1.165) is 5.56 Å². The summed E-state index contributed by atoms with van der Waals surface area (Å²) in [4.78, 5) is 0. The highest BCUT2D eigenvalue weighted by molar-refractivity contribution is 7.90. The Hall–Kier alpha value is -0.940. The molecule has 1 N–H and O–H groups in total. The molecule has 16 heavy (non-hydrogen) atoms. The van der Waals surface area contributed by atoms with Crippen molar-refractivity contribution in [3.8, 4) is 0 Å². The van der Waals surface area contributed by atoms with E-state index >= 15 is 0 Å². The van der Waals surface area contributed by atoms with Crippen LogP contribution in [0, 0.1) is 5.82 Å². The SMILES string of the molecule is CC(C)S(=O)(=O)N[C@@H](C)c1ccc(F)cc1. The van der Waals surface area contributed by atoms with Crippen molar-refractivity contribution in [2.24, 2.45) is 0 Å². The lowest BCUT2D eigenvalue weighted by Crippen LogP contribution is -2.32. The van der Waals surface area contributed by atoms with Crippen LogP contribution in [0.4, 0.5) is 4.39 Å². The molecule has 0 aromatic heterocycles. The van der Waals surface area contributed by atoms with E-state index in [1.807, 2.05) is 0 Å². The molecule has 0 heterocycles. The fraction of sp³-hybridized carbons (Fsp3) is 0.455. The zero-order valence-corrected chi connectivity index (χ0v) is 10.4. The molecule has 0 saturated heterocycles. The molecule has 0 amide bonds. The second-order valence-corrected chi connectivity index (χ2v) is 6.25. The second-order valence-electron chi connectivity index (χ2n) is 3.98. The summed E-state index contributed by atoms with van der Waals surface area (Å²) in [5.74, 6) is -0.331. The Morgan fingerprint density at radius 3 is 2.06 bits per heavy atom. The first-order valence-corrected chi connectivity index (χ1v) is 6.64. The van der Waals surface area contributed by atoms with Crippen LogP contribution in [0.15, 0.2) is 24.3 Å². The van der Waals surface area contributed by atoms with Gasteiger partial charge in [-0.2, -0.15) is 0 Å². The molecule has 0 radical (unpaired) electrons. The van der Waals surface area contributed by atoms with Gasteiger partial charge in [0.05, 0.1) is 5.25 Å². The normalized spacial score (nSPS) is 14.1. The van der Waals surface area contributed by atoms with Gasteiger partial charge >= 0.3 is 0 Å². The Kier molecular flexibility index (Phi) is 4.04. The zero-order valence-electron chi connectivity index (χ0n) is 9.57. The quantitative estimate of drug-likeness (QED) is 0.884. The molecule has 0 saturated carbocycles. The van der Waals surface area contributed by atoms with Gasteiger partial charge in [0.15, 0.2) is 0 Å². The highest BCUT2D eigenvalue weighted by Gasteiger charge is 2.19. The largest absolute Gasteiger partial charge is 0.214 e. The molecule has 1 rings (SSSR count). The van der Waals surface area contributed by atoms with Crippen LogP contribution in [-0.2, 0) is 10.0 Å². The van der Waals surface area contributed by atoms with Crippen molar-refractivity contribution < 1.29 is 12.8 Å². The van der Waals surface area contributed by atoms with Gasteiger partial charge in [0.1, 0.15) is 5.82 Å². The first-order valence-electron chi connectivity index (χ1n) is 5.09. The van der Waals surface area contributed by atoms with E-state index in [-0.39, 0.29) is 11.9 Å². The number of hydrogen-bond acceptors (Lipinski definition) is 2. The smallest absolute Gasteiger partial charge is 0.212 e. The standard InChI is InChI=1S/C11H16FNO2S/c1-8(2)16(14,15)13-9(3)10-4-6-11(12)7-5-10/h4-9,13H,1-3H3/t9-/m0/s1. The minimum absolute atomic E-state index is 0.331. The van der Waals surface area contributed by atoms with Crippen molar-refractivity contribution in [3.05, 3.63) is 35.6 Å². The van der Waals surface area contributed by atoms with Gasteiger partial charge in [0, 0.05) is 6.04 Å². The molecule has 0 aliphatic carbocycles. The van der Waals surface area contributed by atoms with Crippen LogP contribution in [0.5, 0.6) is 0 Å². The fourth-order valence-electron chi connectivity index (χ4n) is 1.20. The first-order chi connectivity index (χ1) is 7.33. The van der Waals surface area contributed by atoms with Gasteiger partial charge in [-0.1, -0.05) is 12.1 Å². The molecule has 0 spiro atoms. The molecule has 1 aromatic rings. The number of nitrogens with one attached hydrogen (secondary N) is 1. The van der Waals surface area contributed by atoms with Gasteiger partial charge < -0.3 is 0 Å². The predicted octanol–water partition coefficient (Wildman–Crippen LogP) is 2.21. The Morgan fingerprint density at radius 1 is 1.12 bits per heavy atom. The Labute approximate surface area is 95.7 Å². The zero-order chi connectivity index (χ0) is 12.3. The molecule has 90 valence electrons. The lowest BCUT2D eigenvalue weighted by molar-refractivity contribution is 0.557. The van der Waals surface area contributed by atoms with E-state index in [2.05, 4.69) is 4.72 Å². The van der Waals surface area contributed by atoms with Gasteiger partial charge in [-0.25, -0.2) is 17.5 Å². The topological polar surface area (TPSA) is 46.2 Å². The minimum atomic E-state index is -3.30. The van der Waals surface area contributed by atoms with E-state index in [4.69, 9.17) is 0 Å². The molecule has 0 unspecified atom stereocenters. The van der Waals surface area contributed by atoms with Crippen LogP contribution in [0.1, 0.15) is 32.4 Å². The van der Waals surface area contributed by atoms with E-state index in [1.165, 1.54) is 12.1 Å². The second kappa shape index (κ2) is 4.93. The molecule has 0 aliphatic rings. The monoisotopic (exact) mass is 245 g/mol. The third-order valence-electron chi connectivity index (χ3n) is 2.33. The number of halogens is 1. The average Bonchev–Trinajstić information content (AvgIpc) is 2.17. The number of benzene rings is 1. The third kappa shape index (κ3) is 3.28. The van der Waals surface area contributed by atoms with Crippen LogP contribution < -0.4 is 4.72 Å². The lowest BCUT2D eigenvalue weighted by Gasteiger charge is -2.16. The molecule has 3 nitrogen and oxygen atoms in total. The average molecular weight is 245 g/mol. The number of rotatable bonds is 4. The highest BCUT2D eigenvalue weighted by atomic mass is 32.2. The van der Waals surface area contributed by atoms with E-state index < -0.39 is 15.3 Å². The van der Waals surface area contributed by atoms with Crippen LogP contribution in [0.2, 0.25) is 0 Å². The highest BCUT2D eigenvalue weighted by Crippen LogP contribution is 2.14. The molecular weight excluding hydrogens is 229 g/mol. The summed E-state index contributed by atoms with van der Waals surface area (Å²) in [7, 11) is -3.30. The summed E-state index contributed by atoms with van der Waals surface area (Å²) < 4.78 is 38.4. The minimum Gasteiger partial charge on any atom is -0.212 e. The fourth-order valence-corrected chi connectivity index (χ4v) is 2.10. The molecular formula is C11H16FNO2S. The Bertz CT molecular complexity index is 440. The van der Waals surface area contributed by atoms with Gasteiger partial charge in [-0.15, -0.1) is 0 Å². The summed E-state index contributed by atoms with van der Waals surface area (Å²) >= 11 is 0.